The van der Waals surface area contributed by atoms with E-state index in [0.717, 1.165) is 37.1 Å². The van der Waals surface area contributed by atoms with E-state index >= 15 is 0 Å². The standard InChI is InChI=1S/C17H19N3O2S/c1-2-15-18-16(19-22-15)13-7-5-9-20(13)17(21)12-10-23-14-8-4-3-6-11(12)14/h3-4,6,8,12-13H,2,5,7,9-10H2,1H3. The first-order valence-electron chi connectivity index (χ1n) is 8.12. The Balaban J connectivity index is 1.58. The second-order valence-electron chi connectivity index (χ2n) is 5.99. The fourth-order valence-corrected chi connectivity index (χ4v) is 4.63. The summed E-state index contributed by atoms with van der Waals surface area (Å²) in [7, 11) is 0. The van der Waals surface area contributed by atoms with Crippen LogP contribution in [0.2, 0.25) is 0 Å². The first-order chi connectivity index (χ1) is 11.3. The maximum Gasteiger partial charge on any atom is 0.231 e. The highest BCUT2D eigenvalue weighted by Crippen LogP contribution is 2.42. The van der Waals surface area contributed by atoms with Gasteiger partial charge in [0.2, 0.25) is 11.8 Å². The topological polar surface area (TPSA) is 59.2 Å². The molecular weight excluding hydrogens is 310 g/mol. The molecule has 4 rings (SSSR count). The van der Waals surface area contributed by atoms with Crippen LogP contribution >= 0.6 is 11.8 Å². The predicted molar refractivity (Wildman–Crippen MR) is 87.3 cm³/mol. The van der Waals surface area contributed by atoms with Gasteiger partial charge in [0.05, 0.1) is 12.0 Å². The Hall–Kier alpha value is -1.82. The second kappa shape index (κ2) is 6.00. The maximum absolute atomic E-state index is 13.1. The number of fused-ring (bicyclic) bond motifs is 1. The van der Waals surface area contributed by atoms with E-state index in [-0.39, 0.29) is 17.9 Å². The number of nitrogens with zero attached hydrogens (tertiary/aromatic N) is 3. The molecule has 2 atom stereocenters. The highest BCUT2D eigenvalue weighted by Gasteiger charge is 2.39. The zero-order valence-corrected chi connectivity index (χ0v) is 13.9. The minimum Gasteiger partial charge on any atom is -0.339 e. The number of aryl methyl sites for hydroxylation is 1. The molecule has 2 aromatic rings. The lowest BCUT2D eigenvalue weighted by Crippen LogP contribution is -2.35. The largest absolute Gasteiger partial charge is 0.339 e. The summed E-state index contributed by atoms with van der Waals surface area (Å²) in [4.78, 5) is 20.7. The lowest BCUT2D eigenvalue weighted by molar-refractivity contribution is -0.133. The Morgan fingerprint density at radius 2 is 2.30 bits per heavy atom. The summed E-state index contributed by atoms with van der Waals surface area (Å²) < 4.78 is 5.23. The van der Waals surface area contributed by atoms with Crippen molar-refractivity contribution in [2.24, 2.45) is 0 Å². The lowest BCUT2D eigenvalue weighted by atomic mass is 9.99. The normalized spacial score (nSPS) is 23.3. The van der Waals surface area contributed by atoms with Gasteiger partial charge in [-0.05, 0) is 24.5 Å². The van der Waals surface area contributed by atoms with Gasteiger partial charge in [-0.15, -0.1) is 11.8 Å². The predicted octanol–water partition coefficient (Wildman–Crippen LogP) is 3.19. The molecule has 0 bridgehead atoms. The summed E-state index contributed by atoms with van der Waals surface area (Å²) in [5, 5.41) is 4.09. The first-order valence-corrected chi connectivity index (χ1v) is 9.11. The Morgan fingerprint density at radius 3 is 3.13 bits per heavy atom. The van der Waals surface area contributed by atoms with E-state index in [1.807, 2.05) is 24.0 Å². The molecule has 2 aliphatic rings. The Bertz CT molecular complexity index is 730. The zero-order chi connectivity index (χ0) is 15.8. The number of benzene rings is 1. The molecule has 120 valence electrons. The van der Waals surface area contributed by atoms with E-state index in [4.69, 9.17) is 4.52 Å². The van der Waals surface area contributed by atoms with Crippen molar-refractivity contribution in [1.82, 2.24) is 15.0 Å². The summed E-state index contributed by atoms with van der Waals surface area (Å²) >= 11 is 1.77. The van der Waals surface area contributed by atoms with Gasteiger partial charge in [-0.25, -0.2) is 0 Å². The van der Waals surface area contributed by atoms with Crippen LogP contribution in [0.1, 0.15) is 49.0 Å². The van der Waals surface area contributed by atoms with E-state index in [2.05, 4.69) is 22.3 Å². The van der Waals surface area contributed by atoms with Crippen LogP contribution < -0.4 is 0 Å². The Morgan fingerprint density at radius 1 is 1.43 bits per heavy atom. The summed E-state index contributed by atoms with van der Waals surface area (Å²) in [5.41, 5.74) is 1.16. The molecular formula is C17H19N3O2S. The van der Waals surface area contributed by atoms with Gasteiger partial charge in [0.1, 0.15) is 0 Å². The summed E-state index contributed by atoms with van der Waals surface area (Å²) in [5.74, 6) is 2.28. The van der Waals surface area contributed by atoms with Crippen LogP contribution in [0.15, 0.2) is 33.7 Å². The summed E-state index contributed by atoms with van der Waals surface area (Å²) in [6.45, 7) is 2.77. The highest BCUT2D eigenvalue weighted by molar-refractivity contribution is 7.99. The number of hydrogen-bond donors (Lipinski definition) is 0. The number of carbonyl (C=O) groups excluding carboxylic acids is 1. The van der Waals surface area contributed by atoms with E-state index in [1.54, 1.807) is 11.8 Å². The van der Waals surface area contributed by atoms with Crippen LogP contribution in [-0.4, -0.2) is 33.2 Å². The molecule has 1 fully saturated rings. The molecule has 0 radical (unpaired) electrons. The minimum absolute atomic E-state index is 0.0377. The van der Waals surface area contributed by atoms with Gasteiger partial charge in [0.15, 0.2) is 5.82 Å². The number of thioether (sulfide) groups is 1. The molecule has 1 saturated heterocycles. The number of likely N-dealkylation sites (tertiary alicyclic amines) is 1. The first kappa shape index (κ1) is 14.8. The quantitative estimate of drug-likeness (QED) is 0.865. The minimum atomic E-state index is -0.0469. The van der Waals surface area contributed by atoms with Gasteiger partial charge in [-0.1, -0.05) is 30.3 Å². The van der Waals surface area contributed by atoms with Crippen molar-refractivity contribution in [1.29, 1.82) is 0 Å². The van der Waals surface area contributed by atoms with Crippen molar-refractivity contribution in [3.63, 3.8) is 0 Å². The maximum atomic E-state index is 13.1. The summed E-state index contributed by atoms with van der Waals surface area (Å²) in [6.07, 6.45) is 2.63. The Labute approximate surface area is 139 Å². The number of hydrogen-bond acceptors (Lipinski definition) is 5. The molecule has 2 aliphatic heterocycles. The molecule has 0 aliphatic carbocycles. The van der Waals surface area contributed by atoms with Gasteiger partial charge in [0, 0.05) is 23.6 Å². The van der Waals surface area contributed by atoms with E-state index in [1.165, 1.54) is 4.90 Å². The Kier molecular flexibility index (Phi) is 3.85. The molecule has 3 heterocycles. The third-order valence-corrected chi connectivity index (χ3v) is 5.80. The second-order valence-corrected chi connectivity index (χ2v) is 7.05. The molecule has 1 amide bonds. The van der Waals surface area contributed by atoms with E-state index in [9.17, 15) is 4.79 Å². The van der Waals surface area contributed by atoms with Crippen molar-refractivity contribution < 1.29 is 9.32 Å². The smallest absolute Gasteiger partial charge is 0.231 e. The number of carbonyl (C=O) groups is 1. The van der Waals surface area contributed by atoms with Crippen LogP contribution in [0.25, 0.3) is 0 Å². The van der Waals surface area contributed by atoms with Crippen molar-refractivity contribution in [3.8, 4) is 0 Å². The highest BCUT2D eigenvalue weighted by atomic mass is 32.2. The van der Waals surface area contributed by atoms with Crippen LogP contribution in [0.4, 0.5) is 0 Å². The van der Waals surface area contributed by atoms with Crippen LogP contribution in [0, 0.1) is 0 Å². The third-order valence-electron chi connectivity index (χ3n) is 4.62. The third kappa shape index (κ3) is 2.55. The van der Waals surface area contributed by atoms with Gasteiger partial charge < -0.3 is 9.42 Å². The van der Waals surface area contributed by atoms with Crippen LogP contribution in [0.5, 0.6) is 0 Å². The van der Waals surface area contributed by atoms with Crippen LogP contribution in [0.3, 0.4) is 0 Å². The van der Waals surface area contributed by atoms with Gasteiger partial charge in [-0.3, -0.25) is 4.79 Å². The molecule has 1 aromatic heterocycles. The number of aromatic nitrogens is 2. The zero-order valence-electron chi connectivity index (χ0n) is 13.1. The number of amides is 1. The average molecular weight is 329 g/mol. The van der Waals surface area contributed by atoms with Gasteiger partial charge in [-0.2, -0.15) is 4.98 Å². The molecule has 23 heavy (non-hydrogen) atoms. The number of rotatable bonds is 3. The van der Waals surface area contributed by atoms with E-state index in [0.29, 0.717) is 11.7 Å². The fourth-order valence-electron chi connectivity index (χ4n) is 3.41. The molecule has 5 nitrogen and oxygen atoms in total. The van der Waals surface area contributed by atoms with Gasteiger partial charge >= 0.3 is 0 Å². The van der Waals surface area contributed by atoms with Crippen molar-refractivity contribution in [3.05, 3.63) is 41.5 Å². The fraction of sp³-hybridized carbons (Fsp3) is 0.471. The summed E-state index contributed by atoms with van der Waals surface area (Å²) in [6, 6.07) is 8.18. The molecule has 0 saturated carbocycles. The molecule has 0 spiro atoms. The lowest BCUT2D eigenvalue weighted by Gasteiger charge is -2.25. The van der Waals surface area contributed by atoms with Gasteiger partial charge in [0.25, 0.3) is 0 Å². The van der Waals surface area contributed by atoms with Crippen molar-refractivity contribution >= 4 is 17.7 Å². The molecule has 0 N–H and O–H groups in total. The van der Waals surface area contributed by atoms with E-state index < -0.39 is 0 Å². The van der Waals surface area contributed by atoms with Crippen molar-refractivity contribution in [2.75, 3.05) is 12.3 Å². The average Bonchev–Trinajstić information content (AvgIpc) is 3.31. The van der Waals surface area contributed by atoms with Crippen molar-refractivity contribution in [2.45, 2.75) is 43.0 Å². The monoisotopic (exact) mass is 329 g/mol. The molecule has 6 heteroatoms. The SMILES string of the molecule is CCc1nc(C2CCCN2C(=O)C2CSc3ccccc32)no1. The molecule has 2 unspecified atom stereocenters. The van der Waals surface area contributed by atoms with Crippen LogP contribution in [-0.2, 0) is 11.2 Å². The molecule has 1 aromatic carbocycles.